The van der Waals surface area contributed by atoms with Crippen LogP contribution in [0.5, 0.6) is 5.75 Å². The summed E-state index contributed by atoms with van der Waals surface area (Å²) in [6, 6.07) is 7.68. The van der Waals surface area contributed by atoms with Gasteiger partial charge >= 0.3 is 6.03 Å². The van der Waals surface area contributed by atoms with E-state index in [1.807, 2.05) is 25.1 Å². The molecule has 1 heterocycles. The van der Waals surface area contributed by atoms with Crippen LogP contribution in [0.15, 0.2) is 30.6 Å². The molecule has 1 aliphatic rings. The van der Waals surface area contributed by atoms with Crippen LogP contribution in [0.3, 0.4) is 0 Å². The summed E-state index contributed by atoms with van der Waals surface area (Å²) in [6.07, 6.45) is 5.85. The maximum absolute atomic E-state index is 12.3. The van der Waals surface area contributed by atoms with Gasteiger partial charge in [-0.05, 0) is 25.8 Å². The normalized spacial score (nSPS) is 17.0. The van der Waals surface area contributed by atoms with E-state index in [0.29, 0.717) is 12.4 Å². The summed E-state index contributed by atoms with van der Waals surface area (Å²) in [5.74, 6) is 1.53. The third-order valence-corrected chi connectivity index (χ3v) is 5.02. The Balaban J connectivity index is 1.67. The molecular formula is C18H25N5O2. The summed E-state index contributed by atoms with van der Waals surface area (Å²) in [5, 5.41) is 12.5. The van der Waals surface area contributed by atoms with Crippen LogP contribution in [0.1, 0.15) is 50.0 Å². The smallest absolute Gasteiger partial charge is 0.315 e. The van der Waals surface area contributed by atoms with Crippen LogP contribution < -0.4 is 15.4 Å². The Labute approximate surface area is 147 Å². The predicted octanol–water partition coefficient (Wildman–Crippen LogP) is 2.69. The second kappa shape index (κ2) is 7.55. The number of hydrogen-bond acceptors (Lipinski definition) is 4. The van der Waals surface area contributed by atoms with E-state index in [0.717, 1.165) is 31.4 Å². The van der Waals surface area contributed by atoms with Gasteiger partial charge < -0.3 is 15.4 Å². The molecule has 2 aromatic rings. The molecule has 1 aliphatic carbocycles. The molecule has 0 aliphatic heterocycles. The molecule has 7 nitrogen and oxygen atoms in total. The Morgan fingerprint density at radius 1 is 1.36 bits per heavy atom. The number of aromatic amines is 1. The first-order valence-corrected chi connectivity index (χ1v) is 8.68. The van der Waals surface area contributed by atoms with E-state index in [1.165, 1.54) is 11.9 Å². The van der Waals surface area contributed by atoms with Crippen LogP contribution in [-0.2, 0) is 5.41 Å². The van der Waals surface area contributed by atoms with Gasteiger partial charge in [-0.2, -0.15) is 5.10 Å². The van der Waals surface area contributed by atoms with Crippen molar-refractivity contribution in [3.8, 4) is 5.75 Å². The number of hydrogen-bond donors (Lipinski definition) is 3. The van der Waals surface area contributed by atoms with Crippen LogP contribution in [0.25, 0.3) is 0 Å². The van der Waals surface area contributed by atoms with Crippen LogP contribution in [0.2, 0.25) is 0 Å². The topological polar surface area (TPSA) is 91.9 Å². The van der Waals surface area contributed by atoms with Crippen molar-refractivity contribution < 1.29 is 9.53 Å². The van der Waals surface area contributed by atoms with Crippen LogP contribution in [0, 0.1) is 0 Å². The Bertz CT molecular complexity index is 695. The van der Waals surface area contributed by atoms with E-state index in [9.17, 15) is 4.79 Å². The van der Waals surface area contributed by atoms with E-state index >= 15 is 0 Å². The van der Waals surface area contributed by atoms with Crippen molar-refractivity contribution in [3.05, 3.63) is 42.0 Å². The molecule has 0 unspecified atom stereocenters. The Kier molecular flexibility index (Phi) is 5.21. The number of carbonyl (C=O) groups is 1. The number of carbonyl (C=O) groups excluding carboxylic acids is 1. The Morgan fingerprint density at radius 3 is 2.80 bits per heavy atom. The van der Waals surface area contributed by atoms with Gasteiger partial charge in [-0.15, -0.1) is 0 Å². The maximum Gasteiger partial charge on any atom is 0.315 e. The minimum absolute atomic E-state index is 0.0700. The lowest BCUT2D eigenvalue weighted by Crippen LogP contribution is -2.44. The maximum atomic E-state index is 12.3. The number of nitrogens with zero attached hydrogens (tertiary/aromatic N) is 2. The van der Waals surface area contributed by atoms with Gasteiger partial charge in [-0.25, -0.2) is 9.78 Å². The first-order chi connectivity index (χ1) is 12.1. The van der Waals surface area contributed by atoms with E-state index < -0.39 is 0 Å². The van der Waals surface area contributed by atoms with Crippen molar-refractivity contribution in [1.82, 2.24) is 25.8 Å². The van der Waals surface area contributed by atoms with Gasteiger partial charge in [0.15, 0.2) is 0 Å². The lowest BCUT2D eigenvalue weighted by Gasteiger charge is -2.31. The SMILES string of the molecule is COc1ccccc1C1(CNC(=O)N[C@@H](C)c2ncn[nH]2)CCCC1. The lowest BCUT2D eigenvalue weighted by molar-refractivity contribution is 0.233. The fourth-order valence-corrected chi connectivity index (χ4v) is 3.66. The molecule has 25 heavy (non-hydrogen) atoms. The minimum Gasteiger partial charge on any atom is -0.496 e. The molecule has 3 rings (SSSR count). The lowest BCUT2D eigenvalue weighted by atomic mass is 9.78. The van der Waals surface area contributed by atoms with Crippen LogP contribution in [0.4, 0.5) is 4.79 Å². The predicted molar refractivity (Wildman–Crippen MR) is 94.5 cm³/mol. The Hall–Kier alpha value is -2.57. The number of nitrogens with one attached hydrogen (secondary N) is 3. The molecule has 134 valence electrons. The summed E-state index contributed by atoms with van der Waals surface area (Å²) in [5.41, 5.74) is 1.11. The number of urea groups is 1. The van der Waals surface area contributed by atoms with Crippen molar-refractivity contribution in [3.63, 3.8) is 0 Å². The number of benzene rings is 1. The standard InChI is InChI=1S/C18H25N5O2/c1-13(16-20-12-21-23-16)22-17(24)19-11-18(9-5-6-10-18)14-7-3-4-8-15(14)25-2/h3-4,7-8,12-13H,5-6,9-11H2,1-2H3,(H2,19,22,24)(H,20,21,23)/t13-/m0/s1. The number of methoxy groups -OCH3 is 1. The molecule has 1 aromatic carbocycles. The summed E-state index contributed by atoms with van der Waals surface area (Å²) in [4.78, 5) is 16.4. The van der Waals surface area contributed by atoms with Crippen molar-refractivity contribution in [2.75, 3.05) is 13.7 Å². The fourth-order valence-electron chi connectivity index (χ4n) is 3.66. The fraction of sp³-hybridized carbons (Fsp3) is 0.500. The molecule has 0 spiro atoms. The molecule has 0 radical (unpaired) electrons. The number of rotatable bonds is 6. The second-order valence-corrected chi connectivity index (χ2v) is 6.61. The van der Waals surface area contributed by atoms with Gasteiger partial charge in [0.1, 0.15) is 17.9 Å². The van der Waals surface area contributed by atoms with Crippen molar-refractivity contribution in [1.29, 1.82) is 0 Å². The number of H-pyrrole nitrogens is 1. The molecule has 0 bridgehead atoms. The van der Waals surface area contributed by atoms with Crippen molar-refractivity contribution >= 4 is 6.03 Å². The highest BCUT2D eigenvalue weighted by Crippen LogP contribution is 2.44. The average molecular weight is 343 g/mol. The van der Waals surface area contributed by atoms with E-state index in [-0.39, 0.29) is 17.5 Å². The minimum atomic E-state index is -0.228. The van der Waals surface area contributed by atoms with Gasteiger partial charge in [0, 0.05) is 17.5 Å². The van der Waals surface area contributed by atoms with Crippen LogP contribution in [-0.4, -0.2) is 34.9 Å². The molecule has 7 heteroatoms. The van der Waals surface area contributed by atoms with Crippen LogP contribution >= 0.6 is 0 Å². The molecule has 1 saturated carbocycles. The highest BCUT2D eigenvalue weighted by Gasteiger charge is 2.38. The van der Waals surface area contributed by atoms with Gasteiger partial charge in [0.25, 0.3) is 0 Å². The molecular weight excluding hydrogens is 318 g/mol. The van der Waals surface area contributed by atoms with Gasteiger partial charge in [0.05, 0.1) is 13.2 Å². The first kappa shape index (κ1) is 17.3. The molecule has 3 N–H and O–H groups in total. The summed E-state index contributed by atoms with van der Waals surface area (Å²) in [6.45, 7) is 2.45. The number of para-hydroxylation sites is 1. The van der Waals surface area contributed by atoms with Gasteiger partial charge in [-0.3, -0.25) is 5.10 Å². The molecule has 1 fully saturated rings. The van der Waals surface area contributed by atoms with Gasteiger partial charge in [-0.1, -0.05) is 31.0 Å². The zero-order chi connectivity index (χ0) is 17.7. The number of ether oxygens (including phenoxy) is 1. The number of amides is 2. The molecule has 2 amide bonds. The van der Waals surface area contributed by atoms with Gasteiger partial charge in [0.2, 0.25) is 0 Å². The highest BCUT2D eigenvalue weighted by atomic mass is 16.5. The zero-order valence-electron chi connectivity index (χ0n) is 14.7. The Morgan fingerprint density at radius 2 is 2.12 bits per heavy atom. The molecule has 1 atom stereocenters. The highest BCUT2D eigenvalue weighted by molar-refractivity contribution is 5.74. The second-order valence-electron chi connectivity index (χ2n) is 6.61. The average Bonchev–Trinajstić information content (AvgIpc) is 3.32. The molecule has 0 saturated heterocycles. The summed E-state index contributed by atoms with van der Waals surface area (Å²) >= 11 is 0. The van der Waals surface area contributed by atoms with E-state index in [1.54, 1.807) is 7.11 Å². The number of aromatic nitrogens is 3. The largest absolute Gasteiger partial charge is 0.496 e. The zero-order valence-corrected chi connectivity index (χ0v) is 14.7. The van der Waals surface area contributed by atoms with E-state index in [4.69, 9.17) is 4.74 Å². The molecule has 1 aromatic heterocycles. The summed E-state index contributed by atoms with van der Waals surface area (Å²) in [7, 11) is 1.70. The van der Waals surface area contributed by atoms with E-state index in [2.05, 4.69) is 31.9 Å². The third-order valence-electron chi connectivity index (χ3n) is 5.02. The van der Waals surface area contributed by atoms with Crippen molar-refractivity contribution in [2.24, 2.45) is 0 Å². The van der Waals surface area contributed by atoms with Crippen molar-refractivity contribution in [2.45, 2.75) is 44.1 Å². The monoisotopic (exact) mass is 343 g/mol. The quantitative estimate of drug-likeness (QED) is 0.752. The first-order valence-electron chi connectivity index (χ1n) is 8.68. The third kappa shape index (κ3) is 3.75. The summed E-state index contributed by atoms with van der Waals surface area (Å²) < 4.78 is 5.56.